The summed E-state index contributed by atoms with van der Waals surface area (Å²) in [6.07, 6.45) is 0.186. The highest BCUT2D eigenvalue weighted by Crippen LogP contribution is 2.10. The maximum atomic E-state index is 11.8. The first-order valence-electron chi connectivity index (χ1n) is 6.79. The monoisotopic (exact) mass is 316 g/mol. The second-order valence-corrected chi connectivity index (χ2v) is 5.61. The van der Waals surface area contributed by atoms with Gasteiger partial charge in [-0.25, -0.2) is 0 Å². The molecule has 2 rings (SSSR count). The summed E-state index contributed by atoms with van der Waals surface area (Å²) in [5, 5.41) is 7.24. The van der Waals surface area contributed by atoms with Crippen LogP contribution in [0.4, 0.5) is 5.69 Å². The standard InChI is InChI=1S/C16H16N2O3S/c1-11(19)12-4-6-13(7-5-12)18-15(20)8-9-17-16(21)14-3-2-10-22-14/h2-7,10H,8-9H2,1H3,(H,17,21)(H,18,20). The van der Waals surface area contributed by atoms with Gasteiger partial charge in [0, 0.05) is 24.2 Å². The fourth-order valence-electron chi connectivity index (χ4n) is 1.80. The minimum absolute atomic E-state index is 0.0193. The number of ketones is 1. The molecule has 0 saturated heterocycles. The highest BCUT2D eigenvalue weighted by molar-refractivity contribution is 7.12. The second-order valence-electron chi connectivity index (χ2n) is 4.66. The lowest BCUT2D eigenvalue weighted by molar-refractivity contribution is -0.116. The van der Waals surface area contributed by atoms with Crippen molar-refractivity contribution in [3.8, 4) is 0 Å². The number of carbonyl (C=O) groups is 3. The molecule has 6 heteroatoms. The number of Topliss-reactive ketones (excluding diaryl/α,β-unsaturated/α-hetero) is 1. The molecule has 0 spiro atoms. The van der Waals surface area contributed by atoms with Crippen LogP contribution >= 0.6 is 11.3 Å². The Morgan fingerprint density at radius 3 is 2.41 bits per heavy atom. The maximum absolute atomic E-state index is 11.8. The van der Waals surface area contributed by atoms with Crippen LogP contribution in [0.3, 0.4) is 0 Å². The van der Waals surface area contributed by atoms with Crippen molar-refractivity contribution in [1.29, 1.82) is 0 Å². The number of hydrogen-bond donors (Lipinski definition) is 2. The quantitative estimate of drug-likeness (QED) is 0.805. The Morgan fingerprint density at radius 2 is 1.82 bits per heavy atom. The number of rotatable bonds is 6. The van der Waals surface area contributed by atoms with Gasteiger partial charge in [-0.15, -0.1) is 11.3 Å². The van der Waals surface area contributed by atoms with Gasteiger partial charge in [0.25, 0.3) is 5.91 Å². The average molecular weight is 316 g/mol. The predicted octanol–water partition coefficient (Wildman–Crippen LogP) is 2.71. The Hall–Kier alpha value is -2.47. The summed E-state index contributed by atoms with van der Waals surface area (Å²) in [5.41, 5.74) is 1.22. The molecule has 1 heterocycles. The van der Waals surface area contributed by atoms with Gasteiger partial charge in [0.1, 0.15) is 0 Å². The van der Waals surface area contributed by atoms with Crippen LogP contribution in [0.5, 0.6) is 0 Å². The Balaban J connectivity index is 1.76. The zero-order chi connectivity index (χ0) is 15.9. The van der Waals surface area contributed by atoms with Gasteiger partial charge in [-0.05, 0) is 42.6 Å². The van der Waals surface area contributed by atoms with Gasteiger partial charge in [-0.1, -0.05) is 6.07 Å². The number of amides is 2. The van der Waals surface area contributed by atoms with Crippen molar-refractivity contribution in [3.63, 3.8) is 0 Å². The van der Waals surface area contributed by atoms with Crippen molar-refractivity contribution in [1.82, 2.24) is 5.32 Å². The number of nitrogens with one attached hydrogen (secondary N) is 2. The molecule has 0 bridgehead atoms. The molecule has 2 aromatic rings. The van der Waals surface area contributed by atoms with Crippen molar-refractivity contribution in [2.75, 3.05) is 11.9 Å². The van der Waals surface area contributed by atoms with E-state index in [0.29, 0.717) is 16.1 Å². The Kier molecular flexibility index (Phi) is 5.43. The van der Waals surface area contributed by atoms with E-state index in [-0.39, 0.29) is 30.6 Å². The van der Waals surface area contributed by atoms with Crippen LogP contribution in [0, 0.1) is 0 Å². The van der Waals surface area contributed by atoms with E-state index in [1.807, 2.05) is 5.38 Å². The summed E-state index contributed by atoms with van der Waals surface area (Å²) in [5.74, 6) is -0.384. The highest BCUT2D eigenvalue weighted by Gasteiger charge is 2.07. The largest absolute Gasteiger partial charge is 0.351 e. The second kappa shape index (κ2) is 7.51. The smallest absolute Gasteiger partial charge is 0.261 e. The molecule has 0 atom stereocenters. The molecule has 2 N–H and O–H groups in total. The zero-order valence-corrected chi connectivity index (χ0v) is 12.9. The Labute approximate surface area is 132 Å². The molecule has 5 nitrogen and oxygen atoms in total. The summed E-state index contributed by atoms with van der Waals surface area (Å²) in [6.45, 7) is 1.76. The molecule has 0 unspecified atom stereocenters. The van der Waals surface area contributed by atoms with E-state index >= 15 is 0 Å². The van der Waals surface area contributed by atoms with Crippen molar-refractivity contribution in [2.45, 2.75) is 13.3 Å². The van der Waals surface area contributed by atoms with Crippen LogP contribution in [0.1, 0.15) is 33.4 Å². The van der Waals surface area contributed by atoms with E-state index in [4.69, 9.17) is 0 Å². The molecule has 0 saturated carbocycles. The van der Waals surface area contributed by atoms with E-state index in [1.54, 1.807) is 36.4 Å². The highest BCUT2D eigenvalue weighted by atomic mass is 32.1. The van der Waals surface area contributed by atoms with Crippen LogP contribution in [-0.2, 0) is 4.79 Å². The van der Waals surface area contributed by atoms with Crippen LogP contribution in [0.25, 0.3) is 0 Å². The molecule has 1 aromatic heterocycles. The molecular formula is C16H16N2O3S. The SMILES string of the molecule is CC(=O)c1ccc(NC(=O)CCNC(=O)c2cccs2)cc1. The molecule has 0 aliphatic rings. The number of anilines is 1. The molecule has 0 aliphatic carbocycles. The minimum atomic E-state index is -0.193. The van der Waals surface area contributed by atoms with Crippen molar-refractivity contribution in [3.05, 3.63) is 52.2 Å². The molecule has 1 aromatic carbocycles. The number of hydrogen-bond acceptors (Lipinski definition) is 4. The van der Waals surface area contributed by atoms with Crippen LogP contribution in [0.15, 0.2) is 41.8 Å². The fourth-order valence-corrected chi connectivity index (χ4v) is 2.44. The lowest BCUT2D eigenvalue weighted by Gasteiger charge is -2.06. The van der Waals surface area contributed by atoms with Gasteiger partial charge in [-0.2, -0.15) is 0 Å². The number of carbonyl (C=O) groups excluding carboxylic acids is 3. The molecule has 22 heavy (non-hydrogen) atoms. The predicted molar refractivity (Wildman–Crippen MR) is 86.3 cm³/mol. The number of benzene rings is 1. The number of thiophene rings is 1. The Bertz CT molecular complexity index is 663. The van der Waals surface area contributed by atoms with Crippen molar-refractivity contribution >= 4 is 34.6 Å². The van der Waals surface area contributed by atoms with Gasteiger partial charge in [0.15, 0.2) is 5.78 Å². The van der Waals surface area contributed by atoms with Crippen LogP contribution in [0.2, 0.25) is 0 Å². The Morgan fingerprint density at radius 1 is 1.09 bits per heavy atom. The van der Waals surface area contributed by atoms with Gasteiger partial charge in [0.05, 0.1) is 4.88 Å². The van der Waals surface area contributed by atoms with Gasteiger partial charge >= 0.3 is 0 Å². The normalized spacial score (nSPS) is 10.0. The first-order chi connectivity index (χ1) is 10.6. The van der Waals surface area contributed by atoms with Gasteiger partial charge in [-0.3, -0.25) is 14.4 Å². The topological polar surface area (TPSA) is 75.3 Å². The zero-order valence-electron chi connectivity index (χ0n) is 12.1. The summed E-state index contributed by atoms with van der Waals surface area (Å²) in [4.78, 5) is 35.2. The van der Waals surface area contributed by atoms with Gasteiger partial charge < -0.3 is 10.6 Å². The average Bonchev–Trinajstić information content (AvgIpc) is 3.02. The lowest BCUT2D eigenvalue weighted by Crippen LogP contribution is -2.27. The summed E-state index contributed by atoms with van der Waals surface area (Å²) in [6, 6.07) is 10.2. The third-order valence-electron chi connectivity index (χ3n) is 2.96. The first kappa shape index (κ1) is 15.9. The molecular weight excluding hydrogens is 300 g/mol. The molecule has 114 valence electrons. The first-order valence-corrected chi connectivity index (χ1v) is 7.67. The molecule has 0 aliphatic heterocycles. The fraction of sp³-hybridized carbons (Fsp3) is 0.188. The molecule has 2 amide bonds. The molecule has 0 radical (unpaired) electrons. The molecule has 0 fully saturated rings. The van der Waals surface area contributed by atoms with E-state index in [1.165, 1.54) is 18.3 Å². The summed E-state index contributed by atoms with van der Waals surface area (Å²) in [7, 11) is 0. The van der Waals surface area contributed by atoms with Crippen LogP contribution < -0.4 is 10.6 Å². The maximum Gasteiger partial charge on any atom is 0.261 e. The summed E-state index contributed by atoms with van der Waals surface area (Å²) >= 11 is 1.36. The van der Waals surface area contributed by atoms with Gasteiger partial charge in [0.2, 0.25) is 5.91 Å². The van der Waals surface area contributed by atoms with Crippen LogP contribution in [-0.4, -0.2) is 24.1 Å². The van der Waals surface area contributed by atoms with E-state index < -0.39 is 0 Å². The minimum Gasteiger partial charge on any atom is -0.351 e. The van der Waals surface area contributed by atoms with Crippen molar-refractivity contribution in [2.24, 2.45) is 0 Å². The summed E-state index contributed by atoms with van der Waals surface area (Å²) < 4.78 is 0. The van der Waals surface area contributed by atoms with E-state index in [2.05, 4.69) is 10.6 Å². The third-order valence-corrected chi connectivity index (χ3v) is 3.83. The lowest BCUT2D eigenvalue weighted by atomic mass is 10.1. The van der Waals surface area contributed by atoms with Crippen molar-refractivity contribution < 1.29 is 14.4 Å². The third kappa shape index (κ3) is 4.53. The van der Waals surface area contributed by atoms with E-state index in [9.17, 15) is 14.4 Å². The van der Waals surface area contributed by atoms with E-state index in [0.717, 1.165) is 0 Å².